The van der Waals surface area contributed by atoms with E-state index in [0.717, 1.165) is 0 Å². The molecular formula is C9H9NO2. The van der Waals surface area contributed by atoms with Crippen molar-refractivity contribution in [2.75, 3.05) is 0 Å². The van der Waals surface area contributed by atoms with Gasteiger partial charge in [-0.15, -0.1) is 0 Å². The largest absolute Gasteiger partial charge is 0.464 e. The molecule has 0 amide bonds. The maximum atomic E-state index is 11.1. The van der Waals surface area contributed by atoms with E-state index in [1.165, 1.54) is 12.3 Å². The van der Waals surface area contributed by atoms with E-state index >= 15 is 0 Å². The molecule has 0 aliphatic carbocycles. The van der Waals surface area contributed by atoms with E-state index in [0.29, 0.717) is 11.0 Å². The second-order valence-electron chi connectivity index (χ2n) is 2.28. The Kier molecular flexibility index (Phi) is 2.26. The van der Waals surface area contributed by atoms with E-state index in [1.807, 2.05) is 12.1 Å². The standard InChI is InChI=1S/C9H6O2.H3N/c10-8-5-6-11-9-4-2-1-3-7(8)9;/h1-6H;1H3. The average molecular weight is 163 g/mol. The van der Waals surface area contributed by atoms with Crippen molar-refractivity contribution >= 4 is 11.0 Å². The van der Waals surface area contributed by atoms with Crippen LogP contribution in [0.3, 0.4) is 0 Å². The van der Waals surface area contributed by atoms with Crippen LogP contribution in [-0.2, 0) is 0 Å². The number of hydrogen-bond donors (Lipinski definition) is 1. The lowest BCUT2D eigenvalue weighted by Crippen LogP contribution is -1.96. The normalized spacial score (nSPS) is 9.33. The SMILES string of the molecule is N.O=c1ccoc2ccccc12. The second-order valence-corrected chi connectivity index (χ2v) is 2.28. The molecule has 0 spiro atoms. The maximum Gasteiger partial charge on any atom is 0.192 e. The molecule has 0 radical (unpaired) electrons. The predicted octanol–water partition coefficient (Wildman–Crippen LogP) is 1.95. The second kappa shape index (κ2) is 3.19. The smallest absolute Gasteiger partial charge is 0.192 e. The molecule has 0 saturated carbocycles. The van der Waals surface area contributed by atoms with Gasteiger partial charge in [0.2, 0.25) is 0 Å². The van der Waals surface area contributed by atoms with Crippen LogP contribution in [0.1, 0.15) is 0 Å². The molecule has 0 unspecified atom stereocenters. The summed E-state index contributed by atoms with van der Waals surface area (Å²) in [6, 6.07) is 8.60. The van der Waals surface area contributed by atoms with Gasteiger partial charge in [0.1, 0.15) is 5.58 Å². The van der Waals surface area contributed by atoms with Crippen molar-refractivity contribution in [2.45, 2.75) is 0 Å². The monoisotopic (exact) mass is 163 g/mol. The third-order valence-corrected chi connectivity index (χ3v) is 1.57. The number of hydrogen-bond acceptors (Lipinski definition) is 3. The van der Waals surface area contributed by atoms with Crippen LogP contribution in [0, 0.1) is 0 Å². The first kappa shape index (κ1) is 8.49. The van der Waals surface area contributed by atoms with Gasteiger partial charge in [0.05, 0.1) is 11.6 Å². The van der Waals surface area contributed by atoms with Crippen LogP contribution in [0.2, 0.25) is 0 Å². The van der Waals surface area contributed by atoms with Gasteiger partial charge in [-0.25, -0.2) is 0 Å². The number of rotatable bonds is 0. The Morgan fingerprint density at radius 3 is 2.58 bits per heavy atom. The Hall–Kier alpha value is -1.61. The van der Waals surface area contributed by atoms with Gasteiger partial charge in [-0.1, -0.05) is 12.1 Å². The molecule has 1 heterocycles. The summed E-state index contributed by atoms with van der Waals surface area (Å²) in [7, 11) is 0. The molecular weight excluding hydrogens is 154 g/mol. The van der Waals surface area contributed by atoms with Gasteiger partial charge in [0.25, 0.3) is 0 Å². The molecule has 1 aromatic carbocycles. The Balaban J connectivity index is 0.000000720. The molecule has 0 aliphatic heterocycles. The lowest BCUT2D eigenvalue weighted by atomic mass is 10.2. The fourth-order valence-electron chi connectivity index (χ4n) is 1.03. The highest BCUT2D eigenvalue weighted by Gasteiger charge is 1.95. The summed E-state index contributed by atoms with van der Waals surface area (Å²) < 4.78 is 5.09. The van der Waals surface area contributed by atoms with Gasteiger partial charge >= 0.3 is 0 Å². The van der Waals surface area contributed by atoms with Crippen LogP contribution in [0.15, 0.2) is 45.8 Å². The highest BCUT2D eigenvalue weighted by atomic mass is 16.3. The first-order chi connectivity index (χ1) is 5.38. The van der Waals surface area contributed by atoms with Crippen LogP contribution < -0.4 is 11.6 Å². The molecule has 0 saturated heterocycles. The van der Waals surface area contributed by atoms with E-state index in [1.54, 1.807) is 12.1 Å². The molecule has 3 heteroatoms. The minimum atomic E-state index is 0. The Labute approximate surface area is 69.2 Å². The van der Waals surface area contributed by atoms with E-state index in [9.17, 15) is 4.79 Å². The highest BCUT2D eigenvalue weighted by Crippen LogP contribution is 2.06. The minimum Gasteiger partial charge on any atom is -0.464 e. The predicted molar refractivity (Wildman–Crippen MR) is 47.5 cm³/mol. The number of para-hydroxylation sites is 1. The molecule has 12 heavy (non-hydrogen) atoms. The van der Waals surface area contributed by atoms with E-state index < -0.39 is 0 Å². The highest BCUT2D eigenvalue weighted by molar-refractivity contribution is 5.75. The third-order valence-electron chi connectivity index (χ3n) is 1.57. The lowest BCUT2D eigenvalue weighted by Gasteiger charge is -1.91. The average Bonchev–Trinajstić information content (AvgIpc) is 2.06. The zero-order valence-corrected chi connectivity index (χ0v) is 6.49. The molecule has 2 aromatic rings. The summed E-state index contributed by atoms with van der Waals surface area (Å²) in [5.74, 6) is 0. The first-order valence-corrected chi connectivity index (χ1v) is 3.34. The topological polar surface area (TPSA) is 65.2 Å². The lowest BCUT2D eigenvalue weighted by molar-refractivity contribution is 0.602. The summed E-state index contributed by atoms with van der Waals surface area (Å²) in [6.07, 6.45) is 1.41. The van der Waals surface area contributed by atoms with Gasteiger partial charge in [0, 0.05) is 6.07 Å². The van der Waals surface area contributed by atoms with E-state index in [2.05, 4.69) is 0 Å². The van der Waals surface area contributed by atoms with E-state index in [-0.39, 0.29) is 11.6 Å². The van der Waals surface area contributed by atoms with Crippen molar-refractivity contribution in [3.8, 4) is 0 Å². The number of benzene rings is 1. The van der Waals surface area contributed by atoms with Crippen molar-refractivity contribution < 1.29 is 4.42 Å². The molecule has 1 aromatic heterocycles. The van der Waals surface area contributed by atoms with Crippen LogP contribution in [-0.4, -0.2) is 0 Å². The van der Waals surface area contributed by atoms with Crippen molar-refractivity contribution in [2.24, 2.45) is 0 Å². The van der Waals surface area contributed by atoms with Crippen LogP contribution in [0.5, 0.6) is 0 Å². The van der Waals surface area contributed by atoms with Crippen molar-refractivity contribution in [1.29, 1.82) is 0 Å². The molecule has 3 nitrogen and oxygen atoms in total. The van der Waals surface area contributed by atoms with Crippen LogP contribution >= 0.6 is 0 Å². The van der Waals surface area contributed by atoms with Gasteiger partial charge in [-0.3, -0.25) is 4.79 Å². The molecule has 3 N–H and O–H groups in total. The van der Waals surface area contributed by atoms with Gasteiger partial charge < -0.3 is 10.6 Å². The fourth-order valence-corrected chi connectivity index (χ4v) is 1.03. The number of fused-ring (bicyclic) bond motifs is 1. The van der Waals surface area contributed by atoms with E-state index in [4.69, 9.17) is 4.42 Å². The summed E-state index contributed by atoms with van der Waals surface area (Å²) in [4.78, 5) is 11.1. The molecule has 0 bridgehead atoms. The Morgan fingerprint density at radius 2 is 1.83 bits per heavy atom. The zero-order chi connectivity index (χ0) is 7.68. The molecule has 0 atom stereocenters. The Bertz CT molecular complexity index is 428. The van der Waals surface area contributed by atoms with Crippen LogP contribution in [0.25, 0.3) is 11.0 Å². The maximum absolute atomic E-state index is 11.1. The summed E-state index contributed by atoms with van der Waals surface area (Å²) >= 11 is 0. The fraction of sp³-hybridized carbons (Fsp3) is 0. The Morgan fingerprint density at radius 1 is 1.08 bits per heavy atom. The van der Waals surface area contributed by atoms with Gasteiger partial charge in [-0.05, 0) is 12.1 Å². The van der Waals surface area contributed by atoms with Crippen molar-refractivity contribution in [3.05, 3.63) is 46.8 Å². The van der Waals surface area contributed by atoms with Crippen LogP contribution in [0.4, 0.5) is 0 Å². The summed E-state index contributed by atoms with van der Waals surface area (Å²) in [5, 5.41) is 0.634. The third kappa shape index (κ3) is 1.22. The molecule has 62 valence electrons. The summed E-state index contributed by atoms with van der Waals surface area (Å²) in [5.41, 5.74) is 0.645. The molecule has 0 aliphatic rings. The molecule has 2 rings (SSSR count). The first-order valence-electron chi connectivity index (χ1n) is 3.34. The van der Waals surface area contributed by atoms with Crippen molar-refractivity contribution in [3.63, 3.8) is 0 Å². The minimum absolute atomic E-state index is 0. The van der Waals surface area contributed by atoms with Gasteiger partial charge in [0.15, 0.2) is 5.43 Å². The quantitative estimate of drug-likeness (QED) is 0.645. The summed E-state index contributed by atoms with van der Waals surface area (Å²) in [6.45, 7) is 0. The van der Waals surface area contributed by atoms with Gasteiger partial charge in [-0.2, -0.15) is 0 Å². The molecule has 0 fully saturated rings. The zero-order valence-electron chi connectivity index (χ0n) is 6.49. The van der Waals surface area contributed by atoms with Crippen molar-refractivity contribution in [1.82, 2.24) is 6.15 Å².